The van der Waals surface area contributed by atoms with Gasteiger partial charge in [-0.3, -0.25) is 14.4 Å². The van der Waals surface area contributed by atoms with Crippen LogP contribution in [0, 0.1) is 0 Å². The van der Waals surface area contributed by atoms with E-state index in [1.807, 2.05) is 0 Å². The molecule has 0 aliphatic carbocycles. The molecule has 0 aromatic carbocycles. The second kappa shape index (κ2) is 52.3. The van der Waals surface area contributed by atoms with E-state index in [0.717, 1.165) is 77.0 Å². The van der Waals surface area contributed by atoms with Crippen LogP contribution in [-0.4, -0.2) is 37.2 Å². The van der Waals surface area contributed by atoms with Gasteiger partial charge in [-0.25, -0.2) is 0 Å². The maximum Gasteiger partial charge on any atom is 0.306 e. The highest BCUT2D eigenvalue weighted by molar-refractivity contribution is 5.71. The lowest BCUT2D eigenvalue weighted by Crippen LogP contribution is -2.30. The average molecular weight is 885 g/mol. The van der Waals surface area contributed by atoms with Gasteiger partial charge in [-0.2, -0.15) is 0 Å². The van der Waals surface area contributed by atoms with Crippen LogP contribution in [0.3, 0.4) is 0 Å². The Labute approximate surface area is 391 Å². The molecular weight excluding hydrogens is 781 g/mol. The van der Waals surface area contributed by atoms with E-state index in [2.05, 4.69) is 57.2 Å². The molecule has 0 saturated carbocycles. The lowest BCUT2D eigenvalue weighted by Gasteiger charge is -2.18. The summed E-state index contributed by atoms with van der Waals surface area (Å²) in [6.07, 6.45) is 61.3. The largest absolute Gasteiger partial charge is 0.462 e. The standard InChI is InChI=1S/C57H104O6/c1-4-7-10-13-16-19-22-24-25-26-27-28-29-30-31-33-35-38-41-44-47-50-56(59)62-53-54(52-61-55(58)49-46-43-40-37-34-21-18-15-12-9-6-3)63-57(60)51-48-45-42-39-36-32-23-20-17-14-11-8-5-2/h22,24,26-27,29-30,54H,4-21,23,25,28,31-53H2,1-3H3/b24-22-,27-26-,30-29-. The van der Waals surface area contributed by atoms with Crippen LogP contribution in [-0.2, 0) is 28.6 Å². The second-order valence-corrected chi connectivity index (χ2v) is 18.5. The highest BCUT2D eigenvalue weighted by atomic mass is 16.6. The van der Waals surface area contributed by atoms with Crippen LogP contribution in [0.1, 0.15) is 290 Å². The normalized spacial score (nSPS) is 12.2. The average Bonchev–Trinajstić information content (AvgIpc) is 3.28. The number of ether oxygens (including phenoxy) is 3. The van der Waals surface area contributed by atoms with Crippen molar-refractivity contribution in [2.24, 2.45) is 0 Å². The van der Waals surface area contributed by atoms with Gasteiger partial charge in [0.1, 0.15) is 13.2 Å². The van der Waals surface area contributed by atoms with Gasteiger partial charge in [0.05, 0.1) is 0 Å². The van der Waals surface area contributed by atoms with Crippen LogP contribution in [0.2, 0.25) is 0 Å². The molecule has 0 radical (unpaired) electrons. The maximum atomic E-state index is 12.8. The monoisotopic (exact) mass is 885 g/mol. The van der Waals surface area contributed by atoms with E-state index in [-0.39, 0.29) is 31.1 Å². The molecule has 0 aliphatic heterocycles. The Morgan fingerprint density at radius 1 is 0.317 bits per heavy atom. The van der Waals surface area contributed by atoms with Gasteiger partial charge in [0.25, 0.3) is 0 Å². The number of esters is 3. The van der Waals surface area contributed by atoms with E-state index in [9.17, 15) is 14.4 Å². The smallest absolute Gasteiger partial charge is 0.306 e. The Bertz CT molecular complexity index is 1060. The minimum Gasteiger partial charge on any atom is -0.462 e. The van der Waals surface area contributed by atoms with Crippen molar-refractivity contribution in [3.05, 3.63) is 36.5 Å². The van der Waals surface area contributed by atoms with Crippen molar-refractivity contribution >= 4 is 17.9 Å². The summed E-state index contributed by atoms with van der Waals surface area (Å²) < 4.78 is 16.8. The van der Waals surface area contributed by atoms with E-state index < -0.39 is 6.10 Å². The zero-order valence-corrected chi connectivity index (χ0v) is 42.1. The third-order valence-corrected chi connectivity index (χ3v) is 12.1. The minimum absolute atomic E-state index is 0.0721. The predicted molar refractivity (Wildman–Crippen MR) is 270 cm³/mol. The number of hydrogen-bond donors (Lipinski definition) is 0. The first-order valence-corrected chi connectivity index (χ1v) is 27.5. The van der Waals surface area contributed by atoms with Crippen LogP contribution in [0.5, 0.6) is 0 Å². The molecule has 0 heterocycles. The van der Waals surface area contributed by atoms with Crippen molar-refractivity contribution in [3.8, 4) is 0 Å². The lowest BCUT2D eigenvalue weighted by atomic mass is 10.0. The summed E-state index contributed by atoms with van der Waals surface area (Å²) in [5.74, 6) is -0.872. The lowest BCUT2D eigenvalue weighted by molar-refractivity contribution is -0.167. The van der Waals surface area contributed by atoms with E-state index in [0.29, 0.717) is 19.3 Å². The van der Waals surface area contributed by atoms with Crippen molar-refractivity contribution in [3.63, 3.8) is 0 Å². The molecule has 0 spiro atoms. The SMILES string of the molecule is CCCCCCC/C=C\C/C=C\C/C=C\CCCCCCCCC(=O)OCC(COC(=O)CCCCCCCCCCCCC)OC(=O)CCCCCCCCCCCCCCC. The number of carbonyl (C=O) groups is 3. The Balaban J connectivity index is 4.31. The summed E-state index contributed by atoms with van der Waals surface area (Å²) in [4.78, 5) is 38.0. The van der Waals surface area contributed by atoms with Gasteiger partial charge >= 0.3 is 17.9 Å². The molecule has 1 atom stereocenters. The first kappa shape index (κ1) is 60.6. The summed E-state index contributed by atoms with van der Waals surface area (Å²) in [6.45, 7) is 6.63. The second-order valence-electron chi connectivity index (χ2n) is 18.5. The molecule has 0 amide bonds. The fraction of sp³-hybridized carbons (Fsp3) is 0.842. The Morgan fingerprint density at radius 3 is 0.889 bits per heavy atom. The summed E-state index contributed by atoms with van der Waals surface area (Å²) in [6, 6.07) is 0. The molecular formula is C57H104O6. The molecule has 368 valence electrons. The Morgan fingerprint density at radius 2 is 0.571 bits per heavy atom. The van der Waals surface area contributed by atoms with Crippen LogP contribution in [0.25, 0.3) is 0 Å². The summed E-state index contributed by atoms with van der Waals surface area (Å²) in [5.41, 5.74) is 0. The van der Waals surface area contributed by atoms with Crippen molar-refractivity contribution in [1.29, 1.82) is 0 Å². The minimum atomic E-state index is -0.772. The summed E-state index contributed by atoms with van der Waals surface area (Å²) in [7, 11) is 0. The quantitative estimate of drug-likeness (QED) is 0.0262. The highest BCUT2D eigenvalue weighted by Crippen LogP contribution is 2.16. The molecule has 0 aromatic heterocycles. The molecule has 0 aliphatic rings. The van der Waals surface area contributed by atoms with Crippen LogP contribution in [0.15, 0.2) is 36.5 Å². The number of unbranched alkanes of at least 4 members (excludes halogenated alkanes) is 33. The molecule has 63 heavy (non-hydrogen) atoms. The number of rotatable bonds is 50. The van der Waals surface area contributed by atoms with Crippen molar-refractivity contribution < 1.29 is 28.6 Å². The van der Waals surface area contributed by atoms with Gasteiger partial charge in [0.2, 0.25) is 0 Å². The third kappa shape index (κ3) is 50.5. The fourth-order valence-electron chi connectivity index (χ4n) is 7.98. The molecule has 0 saturated heterocycles. The van der Waals surface area contributed by atoms with Crippen molar-refractivity contribution in [2.45, 2.75) is 297 Å². The Kier molecular flexibility index (Phi) is 50.3. The summed E-state index contributed by atoms with van der Waals surface area (Å²) in [5, 5.41) is 0. The van der Waals surface area contributed by atoms with Crippen molar-refractivity contribution in [2.75, 3.05) is 13.2 Å². The van der Waals surface area contributed by atoms with Gasteiger partial charge in [-0.05, 0) is 57.8 Å². The molecule has 6 nitrogen and oxygen atoms in total. The molecule has 0 N–H and O–H groups in total. The number of carbonyl (C=O) groups excluding carboxylic acids is 3. The molecule has 0 bridgehead atoms. The molecule has 0 aromatic rings. The Hall–Kier alpha value is -2.37. The summed E-state index contributed by atoms with van der Waals surface area (Å²) >= 11 is 0. The molecule has 6 heteroatoms. The van der Waals surface area contributed by atoms with Gasteiger partial charge in [0, 0.05) is 19.3 Å². The van der Waals surface area contributed by atoms with Crippen LogP contribution >= 0.6 is 0 Å². The van der Waals surface area contributed by atoms with E-state index >= 15 is 0 Å². The third-order valence-electron chi connectivity index (χ3n) is 12.1. The highest BCUT2D eigenvalue weighted by Gasteiger charge is 2.19. The van der Waals surface area contributed by atoms with E-state index in [1.54, 1.807) is 0 Å². The van der Waals surface area contributed by atoms with Crippen LogP contribution < -0.4 is 0 Å². The fourth-order valence-corrected chi connectivity index (χ4v) is 7.98. The van der Waals surface area contributed by atoms with Gasteiger partial charge < -0.3 is 14.2 Å². The van der Waals surface area contributed by atoms with Gasteiger partial charge in [-0.1, -0.05) is 250 Å². The molecule has 0 rings (SSSR count). The number of allylic oxidation sites excluding steroid dienone is 6. The number of hydrogen-bond acceptors (Lipinski definition) is 6. The first-order valence-electron chi connectivity index (χ1n) is 27.5. The van der Waals surface area contributed by atoms with Crippen LogP contribution in [0.4, 0.5) is 0 Å². The zero-order valence-electron chi connectivity index (χ0n) is 42.1. The van der Waals surface area contributed by atoms with Gasteiger partial charge in [0.15, 0.2) is 6.10 Å². The predicted octanol–water partition coefficient (Wildman–Crippen LogP) is 18.1. The van der Waals surface area contributed by atoms with Gasteiger partial charge in [-0.15, -0.1) is 0 Å². The van der Waals surface area contributed by atoms with Crippen molar-refractivity contribution in [1.82, 2.24) is 0 Å². The molecule has 1 unspecified atom stereocenters. The molecule has 0 fully saturated rings. The first-order chi connectivity index (χ1) is 31.0. The van der Waals surface area contributed by atoms with E-state index in [1.165, 1.54) is 173 Å². The zero-order chi connectivity index (χ0) is 45.8. The topological polar surface area (TPSA) is 78.9 Å². The van der Waals surface area contributed by atoms with E-state index in [4.69, 9.17) is 14.2 Å². The maximum absolute atomic E-state index is 12.8.